The molecule has 2 rings (SSSR count). The summed E-state index contributed by atoms with van der Waals surface area (Å²) in [7, 11) is 1.03. The Morgan fingerprint density at radius 2 is 1.67 bits per heavy atom. The maximum absolute atomic E-state index is 12.6. The summed E-state index contributed by atoms with van der Waals surface area (Å²) in [5.74, 6) is -0.412. The molecule has 2 N–H and O–H groups in total. The number of benzene rings is 2. The first-order valence-electron chi connectivity index (χ1n) is 7.99. The molecule has 144 valence electrons. The van der Waals surface area contributed by atoms with Crippen molar-refractivity contribution in [1.29, 1.82) is 0 Å². The van der Waals surface area contributed by atoms with Gasteiger partial charge < -0.3 is 10.2 Å². The second kappa shape index (κ2) is 8.55. The fourth-order valence-electron chi connectivity index (χ4n) is 2.13. The number of aryl methyl sites for hydroxylation is 1. The lowest BCUT2D eigenvalue weighted by molar-refractivity contribution is 0.102. The molecule has 9 heteroatoms. The lowest BCUT2D eigenvalue weighted by Crippen LogP contribution is -2.20. The molecule has 0 spiro atoms. The van der Waals surface area contributed by atoms with Crippen molar-refractivity contribution >= 4 is 38.6 Å². The Balaban J connectivity index is 2.18. The van der Waals surface area contributed by atoms with Crippen molar-refractivity contribution in [3.8, 4) is 0 Å². The number of hydrogen-bond acceptors (Lipinski definition) is 5. The highest BCUT2D eigenvalue weighted by Crippen LogP contribution is 2.23. The summed E-state index contributed by atoms with van der Waals surface area (Å²) in [6, 6.07) is 11.2. The molecule has 0 bridgehead atoms. The maximum atomic E-state index is 12.6. The molecule has 2 aromatic carbocycles. The third kappa shape index (κ3) is 5.31. The van der Waals surface area contributed by atoms with Gasteiger partial charge in [0.05, 0.1) is 4.90 Å². The minimum atomic E-state index is -3.64. The van der Waals surface area contributed by atoms with Gasteiger partial charge in [-0.15, -0.1) is 0 Å². The highest BCUT2D eigenvalue weighted by atomic mass is 32.2. The Morgan fingerprint density at radius 3 is 2.22 bits per heavy atom. The molecule has 0 saturated carbocycles. The number of hydrogen-bond donors (Lipinski definition) is 2. The first-order valence-corrected chi connectivity index (χ1v) is 10.3. The SMILES string of the molecule is CNS(=O)(=O)c1ccc(C)c(C(=O)Nc2ccc(SC(=O)N(C)C)cc2)c1. The predicted octanol–water partition coefficient (Wildman–Crippen LogP) is 2.93. The molecule has 0 aliphatic carbocycles. The van der Waals surface area contributed by atoms with Gasteiger partial charge in [0.2, 0.25) is 10.0 Å². The zero-order valence-electron chi connectivity index (χ0n) is 15.4. The number of carbonyl (C=O) groups excluding carboxylic acids is 2. The summed E-state index contributed by atoms with van der Waals surface area (Å²) in [5.41, 5.74) is 1.47. The number of nitrogens with zero attached hydrogens (tertiary/aromatic N) is 1. The largest absolute Gasteiger partial charge is 0.339 e. The fourth-order valence-corrected chi connectivity index (χ4v) is 3.54. The zero-order valence-corrected chi connectivity index (χ0v) is 17.1. The van der Waals surface area contributed by atoms with Crippen LogP contribution in [0.25, 0.3) is 0 Å². The number of sulfonamides is 1. The van der Waals surface area contributed by atoms with E-state index in [0.717, 1.165) is 16.7 Å². The minimum Gasteiger partial charge on any atom is -0.339 e. The smallest absolute Gasteiger partial charge is 0.285 e. The molecule has 7 nitrogen and oxygen atoms in total. The van der Waals surface area contributed by atoms with Gasteiger partial charge in [-0.25, -0.2) is 13.1 Å². The van der Waals surface area contributed by atoms with Crippen LogP contribution in [0, 0.1) is 6.92 Å². The topological polar surface area (TPSA) is 95.6 Å². The van der Waals surface area contributed by atoms with Crippen molar-refractivity contribution in [3.63, 3.8) is 0 Å². The van der Waals surface area contributed by atoms with Crippen LogP contribution < -0.4 is 10.0 Å². The number of carbonyl (C=O) groups is 2. The van der Waals surface area contributed by atoms with E-state index in [1.54, 1.807) is 51.4 Å². The maximum Gasteiger partial charge on any atom is 0.285 e. The fraction of sp³-hybridized carbons (Fsp3) is 0.222. The van der Waals surface area contributed by atoms with Crippen LogP contribution in [0.4, 0.5) is 10.5 Å². The van der Waals surface area contributed by atoms with Crippen LogP contribution >= 0.6 is 11.8 Å². The van der Waals surface area contributed by atoms with Crippen molar-refractivity contribution in [2.75, 3.05) is 26.5 Å². The number of nitrogens with one attached hydrogen (secondary N) is 2. The summed E-state index contributed by atoms with van der Waals surface area (Å²) in [6.45, 7) is 1.73. The summed E-state index contributed by atoms with van der Waals surface area (Å²) < 4.78 is 26.1. The normalized spacial score (nSPS) is 11.1. The lowest BCUT2D eigenvalue weighted by Gasteiger charge is -2.11. The van der Waals surface area contributed by atoms with Crippen LogP contribution in [0.2, 0.25) is 0 Å². The van der Waals surface area contributed by atoms with Crippen LogP contribution in [-0.4, -0.2) is 45.6 Å². The van der Waals surface area contributed by atoms with Crippen molar-refractivity contribution < 1.29 is 18.0 Å². The Hall–Kier alpha value is -2.36. The molecule has 0 aliphatic heterocycles. The number of rotatable bonds is 5. The number of thioether (sulfide) groups is 1. The summed E-state index contributed by atoms with van der Waals surface area (Å²) >= 11 is 1.09. The van der Waals surface area contributed by atoms with Crippen LogP contribution in [0.15, 0.2) is 52.3 Å². The average molecular weight is 408 g/mol. The first-order chi connectivity index (χ1) is 12.6. The number of anilines is 1. The molecule has 0 unspecified atom stereocenters. The Bertz CT molecular complexity index is 955. The molecular formula is C18H21N3O4S2. The van der Waals surface area contributed by atoms with Gasteiger partial charge in [-0.2, -0.15) is 0 Å². The van der Waals surface area contributed by atoms with E-state index in [2.05, 4.69) is 10.0 Å². The van der Waals surface area contributed by atoms with Gasteiger partial charge in [0.1, 0.15) is 0 Å². The Morgan fingerprint density at radius 1 is 1.04 bits per heavy atom. The van der Waals surface area contributed by atoms with Crippen LogP contribution in [-0.2, 0) is 10.0 Å². The first kappa shape index (κ1) is 20.9. The number of amides is 2. The molecule has 2 amide bonds. The van der Waals surface area contributed by atoms with E-state index >= 15 is 0 Å². The third-order valence-corrected chi connectivity index (χ3v) is 6.17. The van der Waals surface area contributed by atoms with Gasteiger partial charge in [0, 0.05) is 30.2 Å². The molecule has 0 fully saturated rings. The average Bonchev–Trinajstić information content (AvgIpc) is 2.63. The molecule has 0 atom stereocenters. The molecular weight excluding hydrogens is 386 g/mol. The highest BCUT2D eigenvalue weighted by Gasteiger charge is 2.17. The Labute approximate surface area is 163 Å². The van der Waals surface area contributed by atoms with E-state index in [0.29, 0.717) is 11.3 Å². The zero-order chi connectivity index (χ0) is 20.2. The second-order valence-corrected chi connectivity index (χ2v) is 8.84. The van der Waals surface area contributed by atoms with Gasteiger partial charge in [0.15, 0.2) is 0 Å². The van der Waals surface area contributed by atoms with Crippen LogP contribution in [0.1, 0.15) is 15.9 Å². The summed E-state index contributed by atoms with van der Waals surface area (Å²) in [5, 5.41) is 2.65. The molecule has 0 aromatic heterocycles. The lowest BCUT2D eigenvalue weighted by atomic mass is 10.1. The molecule has 2 aromatic rings. The predicted molar refractivity (Wildman–Crippen MR) is 107 cm³/mol. The van der Waals surface area contributed by atoms with Crippen LogP contribution in [0.5, 0.6) is 0 Å². The van der Waals surface area contributed by atoms with E-state index in [4.69, 9.17) is 0 Å². The van der Waals surface area contributed by atoms with E-state index in [1.807, 2.05) is 0 Å². The monoisotopic (exact) mass is 407 g/mol. The van der Waals surface area contributed by atoms with Gasteiger partial charge in [0.25, 0.3) is 11.1 Å². The van der Waals surface area contributed by atoms with Crippen molar-refractivity contribution in [3.05, 3.63) is 53.6 Å². The van der Waals surface area contributed by atoms with Gasteiger partial charge in [-0.05, 0) is 67.7 Å². The molecule has 0 saturated heterocycles. The van der Waals surface area contributed by atoms with E-state index in [1.165, 1.54) is 24.1 Å². The minimum absolute atomic E-state index is 0.0229. The Kier molecular flexibility index (Phi) is 6.63. The summed E-state index contributed by atoms with van der Waals surface area (Å²) in [4.78, 5) is 26.5. The van der Waals surface area contributed by atoms with Crippen molar-refractivity contribution in [2.24, 2.45) is 0 Å². The molecule has 0 radical (unpaired) electrons. The van der Waals surface area contributed by atoms with E-state index in [-0.39, 0.29) is 15.7 Å². The van der Waals surface area contributed by atoms with Crippen molar-refractivity contribution in [2.45, 2.75) is 16.7 Å². The van der Waals surface area contributed by atoms with Crippen molar-refractivity contribution in [1.82, 2.24) is 9.62 Å². The summed E-state index contributed by atoms with van der Waals surface area (Å²) in [6.07, 6.45) is 0. The molecule has 0 heterocycles. The molecule has 0 aliphatic rings. The van der Waals surface area contributed by atoms with Gasteiger partial charge >= 0.3 is 0 Å². The quantitative estimate of drug-likeness (QED) is 0.743. The third-order valence-electron chi connectivity index (χ3n) is 3.72. The second-order valence-electron chi connectivity index (χ2n) is 5.93. The van der Waals surface area contributed by atoms with E-state index in [9.17, 15) is 18.0 Å². The van der Waals surface area contributed by atoms with Gasteiger partial charge in [-0.3, -0.25) is 9.59 Å². The van der Waals surface area contributed by atoms with E-state index < -0.39 is 15.9 Å². The highest BCUT2D eigenvalue weighted by molar-refractivity contribution is 8.13. The van der Waals surface area contributed by atoms with Gasteiger partial charge in [-0.1, -0.05) is 6.07 Å². The molecule has 27 heavy (non-hydrogen) atoms. The standard InChI is InChI=1S/C18H21N3O4S2/c1-12-5-10-15(27(24,25)19-2)11-16(12)17(22)20-13-6-8-14(9-7-13)26-18(23)21(3)4/h5-11,19H,1-4H3,(H,20,22). The van der Waals surface area contributed by atoms with Crippen LogP contribution in [0.3, 0.4) is 0 Å².